The molecule has 0 spiro atoms. The number of halogens is 1. The normalized spacial score (nSPS) is 15.2. The molecule has 0 aliphatic carbocycles. The first kappa shape index (κ1) is 14.7. The van der Waals surface area contributed by atoms with Crippen LogP contribution >= 0.6 is 0 Å². The van der Waals surface area contributed by atoms with Crippen LogP contribution in [0.5, 0.6) is 0 Å². The molecule has 1 aliphatic heterocycles. The number of hydrogen-bond donors (Lipinski definition) is 1. The highest BCUT2D eigenvalue weighted by atomic mass is 19.1. The molecule has 0 saturated carbocycles. The first-order valence-corrected chi connectivity index (χ1v) is 7.30. The summed E-state index contributed by atoms with van der Waals surface area (Å²) in [7, 11) is 0. The number of carbonyl (C=O) groups is 1. The first-order valence-electron chi connectivity index (χ1n) is 7.30. The van der Waals surface area contributed by atoms with Gasteiger partial charge in [-0.15, -0.1) is 0 Å². The third-order valence-corrected chi connectivity index (χ3v) is 3.86. The fourth-order valence-corrected chi connectivity index (χ4v) is 2.62. The van der Waals surface area contributed by atoms with E-state index in [4.69, 9.17) is 4.74 Å². The van der Waals surface area contributed by atoms with Crippen LogP contribution < -0.4 is 5.56 Å². The lowest BCUT2D eigenvalue weighted by molar-refractivity contribution is -0.135. The van der Waals surface area contributed by atoms with Crippen LogP contribution in [-0.4, -0.2) is 42.1 Å². The summed E-state index contributed by atoms with van der Waals surface area (Å²) in [6, 6.07) is 5.98. The van der Waals surface area contributed by atoms with E-state index in [9.17, 15) is 14.0 Å². The molecule has 1 aromatic carbocycles. The number of fused-ring (bicyclic) bond motifs is 1. The zero-order valence-corrected chi connectivity index (χ0v) is 12.1. The zero-order chi connectivity index (χ0) is 15.5. The van der Waals surface area contributed by atoms with Crippen LogP contribution in [0.25, 0.3) is 10.9 Å². The number of benzene rings is 1. The van der Waals surface area contributed by atoms with Crippen molar-refractivity contribution < 1.29 is 13.9 Å². The molecule has 6 heteroatoms. The van der Waals surface area contributed by atoms with Gasteiger partial charge in [-0.1, -0.05) is 0 Å². The Labute approximate surface area is 126 Å². The van der Waals surface area contributed by atoms with E-state index in [1.165, 1.54) is 12.1 Å². The van der Waals surface area contributed by atoms with Crippen LogP contribution in [-0.2, 0) is 16.0 Å². The Morgan fingerprint density at radius 1 is 1.27 bits per heavy atom. The van der Waals surface area contributed by atoms with Crippen molar-refractivity contribution in [1.82, 2.24) is 9.88 Å². The average Bonchev–Trinajstić information content (AvgIpc) is 2.53. The standard InChI is InChI=1S/C16H17FN2O3/c17-13-3-1-11-9-12(16(21)18-14(11)10-13)2-4-15(20)19-5-7-22-8-6-19/h1,3,9-10H,2,4-8H2,(H,18,21). The summed E-state index contributed by atoms with van der Waals surface area (Å²) in [5.41, 5.74) is 0.738. The van der Waals surface area contributed by atoms with Gasteiger partial charge in [-0.25, -0.2) is 4.39 Å². The summed E-state index contributed by atoms with van der Waals surface area (Å²) in [5, 5.41) is 0.759. The minimum absolute atomic E-state index is 0.0295. The Hall–Kier alpha value is -2.21. The maximum Gasteiger partial charge on any atom is 0.251 e. The lowest BCUT2D eigenvalue weighted by Gasteiger charge is -2.26. The zero-order valence-electron chi connectivity index (χ0n) is 12.1. The number of nitrogens with one attached hydrogen (secondary N) is 1. The second-order valence-corrected chi connectivity index (χ2v) is 5.35. The van der Waals surface area contributed by atoms with Gasteiger partial charge in [-0.3, -0.25) is 9.59 Å². The average molecular weight is 304 g/mol. The van der Waals surface area contributed by atoms with Gasteiger partial charge in [-0.05, 0) is 36.1 Å². The molecule has 1 aromatic heterocycles. The molecule has 116 valence electrons. The number of hydrogen-bond acceptors (Lipinski definition) is 3. The number of aryl methyl sites for hydroxylation is 1. The molecule has 2 heterocycles. The van der Waals surface area contributed by atoms with Gasteiger partial charge in [0.25, 0.3) is 5.56 Å². The van der Waals surface area contributed by atoms with Crippen molar-refractivity contribution in [3.05, 3.63) is 46.0 Å². The third-order valence-electron chi connectivity index (χ3n) is 3.86. The van der Waals surface area contributed by atoms with E-state index in [0.717, 1.165) is 5.39 Å². The fraction of sp³-hybridized carbons (Fsp3) is 0.375. The highest BCUT2D eigenvalue weighted by Gasteiger charge is 2.17. The van der Waals surface area contributed by atoms with Gasteiger partial charge in [0.05, 0.1) is 18.7 Å². The number of nitrogens with zero attached hydrogens (tertiary/aromatic N) is 1. The molecule has 5 nitrogen and oxygen atoms in total. The fourth-order valence-electron chi connectivity index (χ4n) is 2.62. The van der Waals surface area contributed by atoms with Gasteiger partial charge in [0.15, 0.2) is 0 Å². The molecule has 22 heavy (non-hydrogen) atoms. The van der Waals surface area contributed by atoms with E-state index >= 15 is 0 Å². The van der Waals surface area contributed by atoms with Crippen LogP contribution in [0.4, 0.5) is 4.39 Å². The van der Waals surface area contributed by atoms with Gasteiger partial charge >= 0.3 is 0 Å². The number of carbonyl (C=O) groups excluding carboxylic acids is 1. The summed E-state index contributed by atoms with van der Waals surface area (Å²) in [6.45, 7) is 2.33. The molecule has 2 aromatic rings. The van der Waals surface area contributed by atoms with E-state index < -0.39 is 5.82 Å². The Bertz CT molecular complexity index is 751. The van der Waals surface area contributed by atoms with Crippen LogP contribution in [0.1, 0.15) is 12.0 Å². The molecular formula is C16H17FN2O3. The predicted molar refractivity (Wildman–Crippen MR) is 80.2 cm³/mol. The monoisotopic (exact) mass is 304 g/mol. The third kappa shape index (κ3) is 3.17. The molecular weight excluding hydrogens is 287 g/mol. The predicted octanol–water partition coefficient (Wildman–Crippen LogP) is 1.46. The number of aromatic nitrogens is 1. The summed E-state index contributed by atoms with van der Waals surface area (Å²) in [6.07, 6.45) is 0.661. The van der Waals surface area contributed by atoms with Gasteiger partial charge in [0.1, 0.15) is 5.82 Å². The largest absolute Gasteiger partial charge is 0.378 e. The Morgan fingerprint density at radius 3 is 2.82 bits per heavy atom. The van der Waals surface area contributed by atoms with E-state index in [1.54, 1.807) is 17.0 Å². The molecule has 1 amide bonds. The Morgan fingerprint density at radius 2 is 2.05 bits per heavy atom. The summed E-state index contributed by atoms with van der Waals surface area (Å²) in [5.74, 6) is -0.361. The van der Waals surface area contributed by atoms with E-state index in [-0.39, 0.29) is 17.9 Å². The highest BCUT2D eigenvalue weighted by Crippen LogP contribution is 2.14. The van der Waals surface area contributed by atoms with Crippen LogP contribution in [0.2, 0.25) is 0 Å². The van der Waals surface area contributed by atoms with E-state index in [2.05, 4.69) is 4.98 Å². The lowest BCUT2D eigenvalue weighted by Crippen LogP contribution is -2.40. The molecule has 1 saturated heterocycles. The second kappa shape index (κ2) is 6.27. The van der Waals surface area contributed by atoms with Crippen molar-refractivity contribution in [3.63, 3.8) is 0 Å². The first-order chi connectivity index (χ1) is 10.6. The van der Waals surface area contributed by atoms with Crippen molar-refractivity contribution >= 4 is 16.8 Å². The van der Waals surface area contributed by atoms with Crippen molar-refractivity contribution in [3.8, 4) is 0 Å². The topological polar surface area (TPSA) is 62.4 Å². The number of aromatic amines is 1. The molecule has 0 unspecified atom stereocenters. The molecule has 1 N–H and O–H groups in total. The Kier molecular flexibility index (Phi) is 4.20. The smallest absolute Gasteiger partial charge is 0.251 e. The summed E-state index contributed by atoms with van der Waals surface area (Å²) in [4.78, 5) is 28.5. The number of amides is 1. The highest BCUT2D eigenvalue weighted by molar-refractivity contribution is 5.79. The van der Waals surface area contributed by atoms with Gasteiger partial charge in [0, 0.05) is 25.1 Å². The second-order valence-electron chi connectivity index (χ2n) is 5.35. The number of morpholine rings is 1. The summed E-state index contributed by atoms with van der Waals surface area (Å²) < 4.78 is 18.4. The molecule has 3 rings (SSSR count). The Balaban J connectivity index is 1.73. The van der Waals surface area contributed by atoms with Crippen LogP contribution in [0.3, 0.4) is 0 Å². The molecule has 0 radical (unpaired) electrons. The minimum atomic E-state index is -0.390. The van der Waals surface area contributed by atoms with Crippen molar-refractivity contribution in [2.24, 2.45) is 0 Å². The van der Waals surface area contributed by atoms with Crippen molar-refractivity contribution in [2.45, 2.75) is 12.8 Å². The van der Waals surface area contributed by atoms with Gasteiger partial charge in [0.2, 0.25) is 5.91 Å². The number of rotatable bonds is 3. The van der Waals surface area contributed by atoms with E-state index in [1.807, 2.05) is 0 Å². The maximum absolute atomic E-state index is 13.1. The molecule has 0 bridgehead atoms. The van der Waals surface area contributed by atoms with Gasteiger partial charge in [-0.2, -0.15) is 0 Å². The van der Waals surface area contributed by atoms with Gasteiger partial charge < -0.3 is 14.6 Å². The molecule has 1 fully saturated rings. The minimum Gasteiger partial charge on any atom is -0.378 e. The van der Waals surface area contributed by atoms with Crippen LogP contribution in [0.15, 0.2) is 29.1 Å². The van der Waals surface area contributed by atoms with Crippen LogP contribution in [0, 0.1) is 5.82 Å². The van der Waals surface area contributed by atoms with Crippen molar-refractivity contribution in [2.75, 3.05) is 26.3 Å². The molecule has 0 atom stereocenters. The molecule has 1 aliphatic rings. The maximum atomic E-state index is 13.1. The number of ether oxygens (including phenoxy) is 1. The summed E-state index contributed by atoms with van der Waals surface area (Å²) >= 11 is 0. The SMILES string of the molecule is O=C(CCc1cc2ccc(F)cc2[nH]c1=O)N1CCOCC1. The van der Waals surface area contributed by atoms with Crippen molar-refractivity contribution in [1.29, 1.82) is 0 Å². The number of pyridine rings is 1. The van der Waals surface area contributed by atoms with E-state index in [0.29, 0.717) is 43.8 Å². The quantitative estimate of drug-likeness (QED) is 0.934. The number of H-pyrrole nitrogens is 1. The lowest BCUT2D eigenvalue weighted by atomic mass is 10.1.